The van der Waals surface area contributed by atoms with Gasteiger partial charge in [-0.1, -0.05) is 13.8 Å². The third-order valence-corrected chi connectivity index (χ3v) is 4.66. The van der Waals surface area contributed by atoms with E-state index < -0.39 is 80.3 Å². The van der Waals surface area contributed by atoms with Gasteiger partial charge in [-0.25, -0.2) is 0 Å². The molecule has 2 saturated heterocycles. The van der Waals surface area contributed by atoms with Crippen molar-refractivity contribution in [2.45, 2.75) is 88.9 Å². The maximum atomic E-state index is 11.3. The molecule has 11 nitrogen and oxygen atoms in total. The van der Waals surface area contributed by atoms with Gasteiger partial charge in [-0.05, 0) is 6.92 Å². The highest BCUT2D eigenvalue weighted by molar-refractivity contribution is 5.73. The number of nitrogens with one attached hydrogen (secondary N) is 1. The van der Waals surface area contributed by atoms with Crippen LogP contribution in [0.5, 0.6) is 0 Å². The largest absolute Gasteiger partial charge is 0.394 e. The highest BCUT2D eigenvalue weighted by Gasteiger charge is 2.50. The van der Waals surface area contributed by atoms with E-state index in [4.69, 9.17) is 14.2 Å². The van der Waals surface area contributed by atoms with Crippen molar-refractivity contribution in [3.63, 3.8) is 0 Å². The van der Waals surface area contributed by atoms with Crippen LogP contribution in [-0.2, 0) is 19.0 Å². The lowest BCUT2D eigenvalue weighted by Crippen LogP contribution is -2.66. The van der Waals surface area contributed by atoms with Gasteiger partial charge in [0.15, 0.2) is 6.29 Å². The van der Waals surface area contributed by atoms with E-state index in [0.29, 0.717) is 0 Å². The molecule has 0 bridgehead atoms. The Balaban J connectivity index is 0.00000190. The minimum Gasteiger partial charge on any atom is -0.394 e. The number of amides is 1. The van der Waals surface area contributed by atoms with Gasteiger partial charge in [-0.2, -0.15) is 0 Å². The highest BCUT2D eigenvalue weighted by atomic mass is 16.7. The Morgan fingerprint density at radius 1 is 0.929 bits per heavy atom. The second-order valence-corrected chi connectivity index (χ2v) is 6.58. The van der Waals surface area contributed by atoms with E-state index in [-0.39, 0.29) is 0 Å². The Morgan fingerprint density at radius 2 is 1.50 bits per heavy atom. The summed E-state index contributed by atoms with van der Waals surface area (Å²) < 4.78 is 16.3. The molecule has 7 N–H and O–H groups in total. The third kappa shape index (κ3) is 5.59. The van der Waals surface area contributed by atoms with Crippen LogP contribution in [0.3, 0.4) is 0 Å². The van der Waals surface area contributed by atoms with E-state index in [2.05, 4.69) is 5.32 Å². The molecular formula is C17H33NO10. The maximum absolute atomic E-state index is 11.3. The Bertz CT molecular complexity index is 479. The van der Waals surface area contributed by atoms with Gasteiger partial charge in [0.25, 0.3) is 0 Å². The Hall–Kier alpha value is -0.890. The van der Waals surface area contributed by atoms with E-state index in [0.717, 1.165) is 0 Å². The summed E-state index contributed by atoms with van der Waals surface area (Å²) in [6.45, 7) is 5.72. The van der Waals surface area contributed by atoms with Crippen LogP contribution in [-0.4, -0.2) is 111 Å². The number of ether oxygens (including phenoxy) is 3. The van der Waals surface area contributed by atoms with Crippen molar-refractivity contribution in [2.24, 2.45) is 0 Å². The lowest BCUT2D eigenvalue weighted by atomic mass is 9.92. The molecule has 0 spiro atoms. The summed E-state index contributed by atoms with van der Waals surface area (Å²) in [6, 6.07) is -0.842. The molecule has 10 atom stereocenters. The fourth-order valence-electron chi connectivity index (χ4n) is 3.23. The molecule has 2 rings (SSSR count). The summed E-state index contributed by atoms with van der Waals surface area (Å²) in [5.41, 5.74) is 0. The van der Waals surface area contributed by atoms with Crippen molar-refractivity contribution in [1.82, 2.24) is 5.32 Å². The Morgan fingerprint density at radius 3 is 2.00 bits per heavy atom. The van der Waals surface area contributed by atoms with Crippen LogP contribution >= 0.6 is 0 Å². The van der Waals surface area contributed by atoms with Crippen molar-refractivity contribution < 1.29 is 49.6 Å². The smallest absolute Gasteiger partial charge is 0.217 e. The van der Waals surface area contributed by atoms with Crippen molar-refractivity contribution in [2.75, 3.05) is 13.2 Å². The minimum atomic E-state index is -1.67. The summed E-state index contributed by atoms with van der Waals surface area (Å²) in [6.07, 6.45) is -11.7. The average molecular weight is 411 g/mol. The molecule has 0 aromatic heterocycles. The van der Waals surface area contributed by atoms with Crippen LogP contribution in [0.15, 0.2) is 0 Å². The predicted octanol–water partition coefficient (Wildman–Crippen LogP) is -3.16. The summed E-state index contributed by atoms with van der Waals surface area (Å²) >= 11 is 0. The number of carbonyl (C=O) groups excluding carboxylic acids is 1. The zero-order valence-electron chi connectivity index (χ0n) is 16.5. The van der Waals surface area contributed by atoms with Gasteiger partial charge in [0.1, 0.15) is 42.7 Å². The van der Waals surface area contributed by atoms with Crippen molar-refractivity contribution in [1.29, 1.82) is 0 Å². The monoisotopic (exact) mass is 411 g/mol. The summed E-state index contributed by atoms with van der Waals surface area (Å²) in [7, 11) is 0. The number of aliphatic hydroxyl groups is 6. The van der Waals surface area contributed by atoms with E-state index in [9.17, 15) is 35.4 Å². The second kappa shape index (κ2) is 11.3. The van der Waals surface area contributed by atoms with Gasteiger partial charge >= 0.3 is 0 Å². The van der Waals surface area contributed by atoms with Crippen molar-refractivity contribution in [3.8, 4) is 0 Å². The van der Waals surface area contributed by atoms with Gasteiger partial charge in [0, 0.05) is 6.92 Å². The number of rotatable bonds is 5. The number of carbonyl (C=O) groups is 1. The molecule has 2 aliphatic rings. The zero-order chi connectivity index (χ0) is 21.6. The predicted molar refractivity (Wildman–Crippen MR) is 95.0 cm³/mol. The first-order valence-corrected chi connectivity index (χ1v) is 9.38. The van der Waals surface area contributed by atoms with E-state index in [1.165, 1.54) is 6.92 Å². The highest BCUT2D eigenvalue weighted by Crippen LogP contribution is 2.29. The fourth-order valence-corrected chi connectivity index (χ4v) is 3.23. The zero-order valence-corrected chi connectivity index (χ0v) is 16.5. The summed E-state index contributed by atoms with van der Waals surface area (Å²) in [5, 5.41) is 61.5. The molecule has 2 fully saturated rings. The summed E-state index contributed by atoms with van der Waals surface area (Å²) in [5.74, 6) is -0.404. The molecule has 0 radical (unpaired) electrons. The van der Waals surface area contributed by atoms with E-state index in [1.807, 2.05) is 13.8 Å². The van der Waals surface area contributed by atoms with Crippen LogP contribution in [0, 0.1) is 0 Å². The normalized spacial score (nSPS) is 43.6. The van der Waals surface area contributed by atoms with Crippen LogP contribution in [0.25, 0.3) is 0 Å². The number of hydrogen-bond donors (Lipinski definition) is 7. The molecule has 1 amide bonds. The van der Waals surface area contributed by atoms with Crippen molar-refractivity contribution >= 4 is 5.91 Å². The SMILES string of the molecule is CC.CC(=O)N[C@H]1C(O)[C@H](O[C@@H]2OC(CO)[C@H](O)C(O)[C@@H]2O)C(CO)O[C@H]1C. The van der Waals surface area contributed by atoms with Crippen LogP contribution < -0.4 is 5.32 Å². The molecule has 4 unspecified atom stereocenters. The van der Waals surface area contributed by atoms with Crippen LogP contribution in [0.2, 0.25) is 0 Å². The molecule has 0 saturated carbocycles. The van der Waals surface area contributed by atoms with Gasteiger partial charge in [-0.15, -0.1) is 0 Å². The Kier molecular flexibility index (Phi) is 10.2. The molecule has 166 valence electrons. The lowest BCUT2D eigenvalue weighted by Gasteiger charge is -2.46. The van der Waals surface area contributed by atoms with Gasteiger partial charge < -0.3 is 50.2 Å². The van der Waals surface area contributed by atoms with Gasteiger partial charge in [0.2, 0.25) is 5.91 Å². The van der Waals surface area contributed by atoms with Crippen LogP contribution in [0.4, 0.5) is 0 Å². The summed E-state index contributed by atoms with van der Waals surface area (Å²) in [4.78, 5) is 11.3. The van der Waals surface area contributed by atoms with E-state index >= 15 is 0 Å². The molecule has 11 heteroatoms. The molecule has 2 heterocycles. The van der Waals surface area contributed by atoms with E-state index in [1.54, 1.807) is 6.92 Å². The number of aliphatic hydroxyl groups excluding tert-OH is 6. The molecule has 2 aliphatic heterocycles. The van der Waals surface area contributed by atoms with Gasteiger partial charge in [0.05, 0.1) is 25.4 Å². The number of hydrogen-bond acceptors (Lipinski definition) is 10. The molecule has 28 heavy (non-hydrogen) atoms. The first-order valence-electron chi connectivity index (χ1n) is 9.38. The maximum Gasteiger partial charge on any atom is 0.217 e. The average Bonchev–Trinajstić information content (AvgIpc) is 2.68. The first-order chi connectivity index (χ1) is 13.2. The van der Waals surface area contributed by atoms with Crippen molar-refractivity contribution in [3.05, 3.63) is 0 Å². The molecule has 0 aromatic carbocycles. The molecule has 0 aliphatic carbocycles. The first kappa shape index (κ1) is 25.1. The van der Waals surface area contributed by atoms with Gasteiger partial charge in [-0.3, -0.25) is 4.79 Å². The Labute approximate surface area is 163 Å². The minimum absolute atomic E-state index is 0.404. The molecule has 0 aromatic rings. The molecular weight excluding hydrogens is 378 g/mol. The third-order valence-electron chi connectivity index (χ3n) is 4.66. The topological polar surface area (TPSA) is 178 Å². The second-order valence-electron chi connectivity index (χ2n) is 6.58. The lowest BCUT2D eigenvalue weighted by molar-refractivity contribution is -0.335. The van der Waals surface area contributed by atoms with Crippen LogP contribution in [0.1, 0.15) is 27.7 Å². The fraction of sp³-hybridized carbons (Fsp3) is 0.941. The standard InChI is InChI=1S/C15H27NO10.C2H6/c1-5-9(16-6(2)19)11(21)14(8(4-18)24-5)26-15-13(23)12(22)10(20)7(3-17)25-15;1-2/h5,7-15,17-18,20-23H,3-4H2,1-2H3,(H,16,19);1-2H3/t5-,7?,8?,9+,10-,11?,12?,13-,14+,15-;/m0./s1. The quantitative estimate of drug-likeness (QED) is 0.244.